The highest BCUT2D eigenvalue weighted by Gasteiger charge is 2.39. The van der Waals surface area contributed by atoms with Gasteiger partial charge in [-0.2, -0.15) is 0 Å². The fourth-order valence-corrected chi connectivity index (χ4v) is 2.32. The molecule has 2 unspecified atom stereocenters. The fourth-order valence-electron chi connectivity index (χ4n) is 2.32. The Kier molecular flexibility index (Phi) is 2.98. The van der Waals surface area contributed by atoms with Crippen LogP contribution in [0.5, 0.6) is 0 Å². The number of benzene rings is 1. The molecule has 0 amide bonds. The number of hydrogen-bond acceptors (Lipinski definition) is 5. The van der Waals surface area contributed by atoms with E-state index in [1.165, 1.54) is 17.7 Å². The molecule has 1 aliphatic carbocycles. The van der Waals surface area contributed by atoms with Crippen LogP contribution < -0.4 is 11.1 Å². The Balaban J connectivity index is 1.77. The van der Waals surface area contributed by atoms with Gasteiger partial charge in [0.1, 0.15) is 5.82 Å². The maximum Gasteiger partial charge on any atom is 0.311 e. The second-order valence-electron chi connectivity index (χ2n) is 4.86. The Bertz CT molecular complexity index is 645. The maximum absolute atomic E-state index is 11.0. The summed E-state index contributed by atoms with van der Waals surface area (Å²) in [5, 5.41) is 14.1. The minimum Gasteiger partial charge on any atom is -0.384 e. The lowest BCUT2D eigenvalue weighted by Gasteiger charge is -2.06. The van der Waals surface area contributed by atoms with Gasteiger partial charge in [-0.25, -0.2) is 4.98 Å². The van der Waals surface area contributed by atoms with Crippen LogP contribution in [0.25, 0.3) is 0 Å². The van der Waals surface area contributed by atoms with Gasteiger partial charge in [0.2, 0.25) is 5.82 Å². The van der Waals surface area contributed by atoms with Crippen LogP contribution in [0.3, 0.4) is 0 Å². The van der Waals surface area contributed by atoms with Crippen molar-refractivity contribution >= 4 is 17.3 Å². The number of pyridine rings is 1. The van der Waals surface area contributed by atoms with Crippen LogP contribution in [0.2, 0.25) is 0 Å². The monoisotopic (exact) mass is 270 g/mol. The normalized spacial score (nSPS) is 20.4. The summed E-state index contributed by atoms with van der Waals surface area (Å²) in [6.45, 7) is 0. The van der Waals surface area contributed by atoms with Crippen molar-refractivity contribution in [2.45, 2.75) is 18.4 Å². The molecule has 1 aromatic heterocycles. The van der Waals surface area contributed by atoms with Crippen LogP contribution in [-0.2, 0) is 0 Å². The number of nitrogen functional groups attached to an aromatic ring is 1. The van der Waals surface area contributed by atoms with Crippen molar-refractivity contribution < 1.29 is 4.92 Å². The molecule has 20 heavy (non-hydrogen) atoms. The lowest BCUT2D eigenvalue weighted by Crippen LogP contribution is -2.09. The number of nitrogens with two attached hydrogens (primary N) is 1. The number of nitrogens with one attached hydrogen (secondary N) is 1. The number of nitro groups is 1. The first kappa shape index (κ1) is 12.4. The van der Waals surface area contributed by atoms with Crippen LogP contribution in [0.1, 0.15) is 17.9 Å². The van der Waals surface area contributed by atoms with Crippen molar-refractivity contribution in [3.05, 3.63) is 58.1 Å². The molecule has 0 spiro atoms. The van der Waals surface area contributed by atoms with Crippen LogP contribution in [0.15, 0.2) is 42.5 Å². The average Bonchev–Trinajstić information content (AvgIpc) is 3.19. The molecule has 6 nitrogen and oxygen atoms in total. The largest absolute Gasteiger partial charge is 0.384 e. The Morgan fingerprint density at radius 1 is 1.25 bits per heavy atom. The first-order chi connectivity index (χ1) is 9.65. The van der Waals surface area contributed by atoms with Gasteiger partial charge < -0.3 is 11.1 Å². The van der Waals surface area contributed by atoms with Crippen LogP contribution in [0.4, 0.5) is 17.3 Å². The number of rotatable bonds is 4. The first-order valence-electron chi connectivity index (χ1n) is 6.37. The molecule has 1 fully saturated rings. The van der Waals surface area contributed by atoms with Crippen molar-refractivity contribution in [2.75, 3.05) is 11.1 Å². The van der Waals surface area contributed by atoms with Gasteiger partial charge in [0.15, 0.2) is 0 Å². The molecule has 3 N–H and O–H groups in total. The van der Waals surface area contributed by atoms with Crippen molar-refractivity contribution in [1.29, 1.82) is 0 Å². The van der Waals surface area contributed by atoms with Gasteiger partial charge in [-0.3, -0.25) is 10.1 Å². The molecule has 102 valence electrons. The lowest BCUT2D eigenvalue weighted by atomic mass is 10.1. The lowest BCUT2D eigenvalue weighted by molar-refractivity contribution is -0.384. The Hall–Kier alpha value is -2.63. The van der Waals surface area contributed by atoms with Crippen molar-refractivity contribution in [3.63, 3.8) is 0 Å². The highest BCUT2D eigenvalue weighted by atomic mass is 16.6. The van der Waals surface area contributed by atoms with E-state index in [0.29, 0.717) is 5.92 Å². The standard InChI is InChI=1S/C14H14N4O2/c15-13-7-6-12(18(19)20)14(17-13)16-11-8-10(11)9-4-2-1-3-5-9/h1-7,10-11H,8H2,(H3,15,16,17). The Labute approximate surface area is 115 Å². The van der Waals surface area contributed by atoms with Gasteiger partial charge in [-0.05, 0) is 18.1 Å². The van der Waals surface area contributed by atoms with E-state index in [1.54, 1.807) is 0 Å². The molecule has 1 saturated carbocycles. The zero-order chi connectivity index (χ0) is 14.1. The fraction of sp³-hybridized carbons (Fsp3) is 0.214. The molecule has 0 bridgehead atoms. The SMILES string of the molecule is Nc1ccc([N+](=O)[O-])c(NC2CC2c2ccccc2)n1. The van der Waals surface area contributed by atoms with Crippen LogP contribution in [-0.4, -0.2) is 15.9 Å². The maximum atomic E-state index is 11.0. The first-order valence-corrected chi connectivity index (χ1v) is 6.37. The van der Waals surface area contributed by atoms with E-state index in [4.69, 9.17) is 5.73 Å². The summed E-state index contributed by atoms with van der Waals surface area (Å²) in [4.78, 5) is 14.5. The minimum absolute atomic E-state index is 0.0436. The molecule has 1 aromatic carbocycles. The highest BCUT2D eigenvalue weighted by Crippen LogP contribution is 2.43. The molecular weight excluding hydrogens is 256 g/mol. The van der Waals surface area contributed by atoms with Gasteiger partial charge >= 0.3 is 5.69 Å². The zero-order valence-corrected chi connectivity index (χ0v) is 10.7. The average molecular weight is 270 g/mol. The molecule has 0 radical (unpaired) electrons. The van der Waals surface area contributed by atoms with E-state index in [0.717, 1.165) is 6.42 Å². The smallest absolute Gasteiger partial charge is 0.311 e. The summed E-state index contributed by atoms with van der Waals surface area (Å²) in [5.74, 6) is 0.896. The topological polar surface area (TPSA) is 94.1 Å². The minimum atomic E-state index is -0.450. The molecule has 1 aliphatic rings. The quantitative estimate of drug-likeness (QED) is 0.657. The summed E-state index contributed by atoms with van der Waals surface area (Å²) in [7, 11) is 0. The van der Waals surface area contributed by atoms with E-state index in [-0.39, 0.29) is 23.4 Å². The molecule has 0 saturated heterocycles. The number of aromatic nitrogens is 1. The van der Waals surface area contributed by atoms with Gasteiger partial charge in [0.25, 0.3) is 0 Å². The molecular formula is C14H14N4O2. The van der Waals surface area contributed by atoms with E-state index < -0.39 is 4.92 Å². The molecule has 2 atom stereocenters. The summed E-state index contributed by atoms with van der Waals surface area (Å²) >= 11 is 0. The van der Waals surface area contributed by atoms with Crippen LogP contribution in [0, 0.1) is 10.1 Å². The molecule has 2 aromatic rings. The summed E-state index contributed by atoms with van der Waals surface area (Å²) in [6.07, 6.45) is 0.942. The van der Waals surface area contributed by atoms with E-state index in [9.17, 15) is 10.1 Å². The van der Waals surface area contributed by atoms with Gasteiger partial charge in [0, 0.05) is 18.0 Å². The number of hydrogen-bond donors (Lipinski definition) is 2. The third kappa shape index (κ3) is 2.40. The number of anilines is 2. The van der Waals surface area contributed by atoms with Gasteiger partial charge in [-0.15, -0.1) is 0 Å². The van der Waals surface area contributed by atoms with Crippen molar-refractivity contribution in [3.8, 4) is 0 Å². The predicted molar refractivity (Wildman–Crippen MR) is 76.5 cm³/mol. The summed E-state index contributed by atoms with van der Waals surface area (Å²) in [6, 6.07) is 13.1. The van der Waals surface area contributed by atoms with E-state index in [1.807, 2.05) is 18.2 Å². The van der Waals surface area contributed by atoms with E-state index >= 15 is 0 Å². The summed E-state index contributed by atoms with van der Waals surface area (Å²) in [5.41, 5.74) is 6.79. The predicted octanol–water partition coefficient (Wildman–Crippen LogP) is 2.54. The Morgan fingerprint density at radius 3 is 2.70 bits per heavy atom. The highest BCUT2D eigenvalue weighted by molar-refractivity contribution is 5.60. The third-order valence-corrected chi connectivity index (χ3v) is 3.43. The number of nitrogens with zero attached hydrogens (tertiary/aromatic N) is 2. The second-order valence-corrected chi connectivity index (χ2v) is 4.86. The Morgan fingerprint density at radius 2 is 2.00 bits per heavy atom. The van der Waals surface area contributed by atoms with E-state index in [2.05, 4.69) is 22.4 Å². The summed E-state index contributed by atoms with van der Waals surface area (Å²) < 4.78 is 0. The van der Waals surface area contributed by atoms with Crippen LogP contribution >= 0.6 is 0 Å². The van der Waals surface area contributed by atoms with Gasteiger partial charge in [0.05, 0.1) is 4.92 Å². The van der Waals surface area contributed by atoms with Gasteiger partial charge in [-0.1, -0.05) is 30.3 Å². The van der Waals surface area contributed by atoms with Crippen molar-refractivity contribution in [1.82, 2.24) is 4.98 Å². The van der Waals surface area contributed by atoms with Crippen molar-refractivity contribution in [2.24, 2.45) is 0 Å². The molecule has 3 rings (SSSR count). The second kappa shape index (κ2) is 4.80. The zero-order valence-electron chi connectivity index (χ0n) is 10.7. The molecule has 0 aliphatic heterocycles. The molecule has 1 heterocycles. The molecule has 6 heteroatoms. The third-order valence-electron chi connectivity index (χ3n) is 3.43.